The summed E-state index contributed by atoms with van der Waals surface area (Å²) in [5.74, 6) is 0. The molecule has 6 heavy (non-hydrogen) atoms. The van der Waals surface area contributed by atoms with E-state index in [-0.39, 0.29) is 0 Å². The molecular weight excluding hydrogens is 159 g/mol. The van der Waals surface area contributed by atoms with Gasteiger partial charge in [-0.2, -0.15) is 0 Å². The average Bonchev–Trinajstić information content (AvgIpc) is 1.86. The van der Waals surface area contributed by atoms with Crippen molar-refractivity contribution in [1.82, 2.24) is 0 Å². The molecule has 0 nitrogen and oxygen atoms in total. The van der Waals surface area contributed by atoms with Crippen LogP contribution in [0.4, 0.5) is 0 Å². The van der Waals surface area contributed by atoms with Crippen LogP contribution >= 0.6 is 12.2 Å². The molecule has 0 unspecified atom stereocenters. The minimum absolute atomic E-state index is 0.759. The zero-order chi connectivity index (χ0) is 4.41. The van der Waals surface area contributed by atoms with Gasteiger partial charge in [0.15, 0.2) is 0 Å². The second-order valence-electron chi connectivity index (χ2n) is 1.32. The predicted octanol–water partition coefficient (Wildman–Crippen LogP) is 1.23. The summed E-state index contributed by atoms with van der Waals surface area (Å²) in [5, 5.41) is 1.41. The Hall–Kier alpha value is 0.609. The molecule has 0 amide bonds. The third kappa shape index (κ3) is 1.04. The van der Waals surface area contributed by atoms with Gasteiger partial charge in [0.1, 0.15) is 0 Å². The van der Waals surface area contributed by atoms with Crippen LogP contribution in [0.3, 0.4) is 0 Å². The molecule has 2 heteroatoms. The van der Waals surface area contributed by atoms with E-state index in [2.05, 4.69) is 0 Å². The van der Waals surface area contributed by atoms with E-state index in [0.29, 0.717) is 0 Å². The van der Waals surface area contributed by atoms with Gasteiger partial charge >= 0.3 is 49.1 Å². The van der Waals surface area contributed by atoms with Crippen LogP contribution in [0.15, 0.2) is 0 Å². The summed E-state index contributed by atoms with van der Waals surface area (Å²) in [4.78, 5) is 0. The topological polar surface area (TPSA) is 0 Å². The summed E-state index contributed by atoms with van der Waals surface area (Å²) in [5.41, 5.74) is 0. The number of hydrogen-bond donors (Lipinski definition) is 0. The molecule has 1 aliphatic heterocycles. The average molecular weight is 165 g/mol. The number of hydrogen-bond acceptors (Lipinski definition) is 1. The molecule has 0 aromatic heterocycles. The van der Waals surface area contributed by atoms with Crippen molar-refractivity contribution in [2.75, 3.05) is 0 Å². The molecule has 1 fully saturated rings. The van der Waals surface area contributed by atoms with Gasteiger partial charge in [0.05, 0.1) is 0 Å². The SMILES string of the molecule is S=C1CCC[Se]1. The fraction of sp³-hybridized carbons (Fsp3) is 0.750. The molecule has 1 aliphatic rings. The Labute approximate surface area is 49.5 Å². The minimum atomic E-state index is 0.759. The van der Waals surface area contributed by atoms with Gasteiger partial charge in [0, 0.05) is 0 Å². The van der Waals surface area contributed by atoms with Gasteiger partial charge in [-0.1, -0.05) is 0 Å². The van der Waals surface area contributed by atoms with Gasteiger partial charge < -0.3 is 0 Å². The van der Waals surface area contributed by atoms with Gasteiger partial charge in [-0.25, -0.2) is 0 Å². The fourth-order valence-corrected chi connectivity index (χ4v) is 2.74. The van der Waals surface area contributed by atoms with Gasteiger partial charge in [-0.05, 0) is 0 Å². The molecule has 0 radical (unpaired) electrons. The molecule has 0 N–H and O–H groups in total. The zero-order valence-electron chi connectivity index (χ0n) is 3.44. The van der Waals surface area contributed by atoms with E-state index in [9.17, 15) is 0 Å². The zero-order valence-corrected chi connectivity index (χ0v) is 5.97. The van der Waals surface area contributed by atoms with E-state index in [4.69, 9.17) is 12.2 Å². The van der Waals surface area contributed by atoms with Crippen molar-refractivity contribution in [1.29, 1.82) is 0 Å². The van der Waals surface area contributed by atoms with Crippen LogP contribution in [0.5, 0.6) is 0 Å². The Morgan fingerprint density at radius 3 is 2.67 bits per heavy atom. The Kier molecular flexibility index (Phi) is 1.63. The molecule has 0 spiro atoms. The Morgan fingerprint density at radius 1 is 1.67 bits per heavy atom. The molecule has 34 valence electrons. The van der Waals surface area contributed by atoms with Gasteiger partial charge in [0.2, 0.25) is 0 Å². The van der Waals surface area contributed by atoms with Crippen LogP contribution in [0.1, 0.15) is 12.8 Å². The maximum absolute atomic E-state index is 4.95. The molecule has 0 atom stereocenters. The fourth-order valence-electron chi connectivity index (χ4n) is 0.475. The van der Waals surface area contributed by atoms with E-state index in [1.165, 1.54) is 21.9 Å². The summed E-state index contributed by atoms with van der Waals surface area (Å²) in [6.07, 6.45) is 2.62. The molecule has 0 aromatic carbocycles. The van der Waals surface area contributed by atoms with Crippen LogP contribution in [0.2, 0.25) is 5.32 Å². The van der Waals surface area contributed by atoms with E-state index in [1.54, 1.807) is 0 Å². The molecule has 1 saturated heterocycles. The maximum atomic E-state index is 4.95. The molecule has 0 bridgehead atoms. The molecule has 1 heterocycles. The van der Waals surface area contributed by atoms with Crippen molar-refractivity contribution in [2.45, 2.75) is 18.2 Å². The summed E-state index contributed by atoms with van der Waals surface area (Å²) in [6.45, 7) is 0. The first-order valence-electron chi connectivity index (χ1n) is 2.05. The van der Waals surface area contributed by atoms with Crippen LogP contribution < -0.4 is 0 Å². The molecular formula is C4H6SSe. The first kappa shape index (κ1) is 4.76. The van der Waals surface area contributed by atoms with Gasteiger partial charge in [-0.3, -0.25) is 0 Å². The van der Waals surface area contributed by atoms with Crippen LogP contribution in [-0.2, 0) is 0 Å². The van der Waals surface area contributed by atoms with E-state index < -0.39 is 0 Å². The quantitative estimate of drug-likeness (QED) is 0.384. The first-order valence-corrected chi connectivity index (χ1v) is 4.53. The van der Waals surface area contributed by atoms with E-state index in [0.717, 1.165) is 15.0 Å². The third-order valence-corrected chi connectivity index (χ3v) is 3.74. The standard InChI is InChI=1S/C4H6SSe/c5-4-2-1-3-6-4/h1-3H2. The Morgan fingerprint density at radius 2 is 2.50 bits per heavy atom. The van der Waals surface area contributed by atoms with Crippen LogP contribution in [0.25, 0.3) is 0 Å². The van der Waals surface area contributed by atoms with Crippen molar-refractivity contribution in [3.05, 3.63) is 0 Å². The first-order chi connectivity index (χ1) is 2.89. The van der Waals surface area contributed by atoms with Crippen molar-refractivity contribution >= 4 is 30.9 Å². The predicted molar refractivity (Wildman–Crippen MR) is 32.4 cm³/mol. The Bertz CT molecular complexity index is 61.9. The van der Waals surface area contributed by atoms with Crippen LogP contribution in [-0.4, -0.2) is 18.7 Å². The summed E-state index contributed by atoms with van der Waals surface area (Å²) >= 11 is 5.71. The third-order valence-electron chi connectivity index (χ3n) is 0.788. The monoisotopic (exact) mass is 166 g/mol. The normalized spacial score (nSPS) is 22.3. The number of thiocarbonyl (C=S) groups is 1. The van der Waals surface area contributed by atoms with Crippen molar-refractivity contribution in [3.8, 4) is 0 Å². The molecule has 1 rings (SSSR count). The summed E-state index contributed by atoms with van der Waals surface area (Å²) in [6, 6.07) is 0. The van der Waals surface area contributed by atoms with Crippen molar-refractivity contribution in [2.24, 2.45) is 0 Å². The Balaban J connectivity index is 2.37. The second kappa shape index (κ2) is 2.06. The van der Waals surface area contributed by atoms with E-state index >= 15 is 0 Å². The van der Waals surface area contributed by atoms with Gasteiger partial charge in [0.25, 0.3) is 0 Å². The van der Waals surface area contributed by atoms with Gasteiger partial charge in [-0.15, -0.1) is 0 Å². The van der Waals surface area contributed by atoms with Crippen LogP contribution in [0, 0.1) is 0 Å². The summed E-state index contributed by atoms with van der Waals surface area (Å²) < 4.78 is 1.35. The van der Waals surface area contributed by atoms with Crippen molar-refractivity contribution in [3.63, 3.8) is 0 Å². The van der Waals surface area contributed by atoms with Crippen molar-refractivity contribution < 1.29 is 0 Å². The summed E-state index contributed by atoms with van der Waals surface area (Å²) in [7, 11) is 0. The number of rotatable bonds is 0. The molecule has 0 saturated carbocycles. The second-order valence-corrected chi connectivity index (χ2v) is 4.90. The molecule has 0 aromatic rings. The molecule has 0 aliphatic carbocycles. The van der Waals surface area contributed by atoms with E-state index in [1.807, 2.05) is 0 Å².